The average Bonchev–Trinajstić information content (AvgIpc) is 3.10. The summed E-state index contributed by atoms with van der Waals surface area (Å²) in [5.41, 5.74) is 1.34. The zero-order valence-corrected chi connectivity index (χ0v) is 16.4. The number of nitrogens with one attached hydrogen (secondary N) is 2. The molecule has 0 radical (unpaired) electrons. The Hall–Kier alpha value is -0.380. The van der Waals surface area contributed by atoms with Gasteiger partial charge in [-0.2, -0.15) is 0 Å². The van der Waals surface area contributed by atoms with E-state index < -0.39 is 0 Å². The van der Waals surface area contributed by atoms with Gasteiger partial charge in [-0.1, -0.05) is 0 Å². The lowest BCUT2D eigenvalue weighted by Crippen LogP contribution is -2.44. The molecule has 1 saturated heterocycles. The van der Waals surface area contributed by atoms with E-state index in [-0.39, 0.29) is 36.0 Å². The van der Waals surface area contributed by atoms with Crippen molar-refractivity contribution >= 4 is 41.3 Å². The Kier molecular flexibility index (Phi) is 8.66. The van der Waals surface area contributed by atoms with Crippen LogP contribution < -0.4 is 10.6 Å². The van der Waals surface area contributed by atoms with Crippen LogP contribution >= 0.6 is 35.3 Å². The Morgan fingerprint density at radius 3 is 2.86 bits per heavy atom. The van der Waals surface area contributed by atoms with E-state index in [1.165, 1.54) is 10.4 Å². The van der Waals surface area contributed by atoms with Crippen molar-refractivity contribution in [2.45, 2.75) is 26.3 Å². The van der Waals surface area contributed by atoms with Gasteiger partial charge in [0.2, 0.25) is 0 Å². The van der Waals surface area contributed by atoms with Crippen LogP contribution in [0.5, 0.6) is 0 Å². The molecule has 1 atom stereocenters. The third-order valence-corrected chi connectivity index (χ3v) is 5.09. The quantitative estimate of drug-likeness (QED) is 0.361. The number of hydrogen-bond donors (Lipinski definition) is 3. The van der Waals surface area contributed by atoms with E-state index in [0.717, 1.165) is 38.5 Å². The van der Waals surface area contributed by atoms with E-state index in [1.54, 1.807) is 18.4 Å². The molecule has 1 fully saturated rings. The maximum Gasteiger partial charge on any atom is 0.191 e. The van der Waals surface area contributed by atoms with Crippen molar-refractivity contribution in [2.75, 3.05) is 33.4 Å². The summed E-state index contributed by atoms with van der Waals surface area (Å²) >= 11 is 1.75. The first-order valence-corrected chi connectivity index (χ1v) is 8.23. The van der Waals surface area contributed by atoms with Crippen LogP contribution in [-0.4, -0.2) is 44.5 Å². The molecule has 3 N–H and O–H groups in total. The van der Waals surface area contributed by atoms with Gasteiger partial charge in [0.25, 0.3) is 0 Å². The number of aliphatic hydroxyl groups is 1. The Bertz CT molecular complexity index is 473. The number of guanidine groups is 1. The molecule has 0 aliphatic carbocycles. The smallest absolute Gasteiger partial charge is 0.191 e. The van der Waals surface area contributed by atoms with Crippen molar-refractivity contribution in [2.24, 2.45) is 10.4 Å². The maximum absolute atomic E-state index is 9.25. The number of aliphatic hydroxyl groups excluding tert-OH is 1. The summed E-state index contributed by atoms with van der Waals surface area (Å²) in [6.45, 7) is 5.37. The number of hydrogen-bond acceptors (Lipinski definition) is 4. The average molecular weight is 439 g/mol. The summed E-state index contributed by atoms with van der Waals surface area (Å²) < 4.78 is 5.50. The monoisotopic (exact) mass is 439 g/mol. The molecule has 7 heteroatoms. The lowest BCUT2D eigenvalue weighted by molar-refractivity contribution is 0.127. The van der Waals surface area contributed by atoms with Crippen LogP contribution in [0.25, 0.3) is 0 Å². The van der Waals surface area contributed by atoms with E-state index >= 15 is 0 Å². The second kappa shape index (κ2) is 9.69. The van der Waals surface area contributed by atoms with Crippen LogP contribution in [0.4, 0.5) is 0 Å². The van der Waals surface area contributed by atoms with Gasteiger partial charge >= 0.3 is 0 Å². The van der Waals surface area contributed by atoms with Crippen molar-refractivity contribution in [3.8, 4) is 0 Å². The minimum absolute atomic E-state index is 0. The molecule has 5 nitrogen and oxygen atoms in total. The normalized spacial score (nSPS) is 21.5. The summed E-state index contributed by atoms with van der Waals surface area (Å²) in [7, 11) is 1.78. The van der Waals surface area contributed by atoms with E-state index in [0.29, 0.717) is 6.61 Å². The van der Waals surface area contributed by atoms with E-state index in [9.17, 15) is 5.11 Å². The highest BCUT2D eigenvalue weighted by Gasteiger charge is 2.34. The minimum atomic E-state index is 0. The van der Waals surface area contributed by atoms with Crippen molar-refractivity contribution in [3.05, 3.63) is 21.9 Å². The number of thiophene rings is 1. The summed E-state index contributed by atoms with van der Waals surface area (Å²) in [6.07, 6.45) is 1.75. The summed E-state index contributed by atoms with van der Waals surface area (Å²) in [5.74, 6) is 0.798. The van der Waals surface area contributed by atoms with Crippen LogP contribution in [0.1, 0.15) is 23.3 Å². The standard InChI is InChI=1S/C15H25N3O2S.HI/c1-12-3-8-21-13(12)9-17-14(16-2)18-10-15(4-6-19)5-7-20-11-15;/h3,8,19H,4-7,9-11H2,1-2H3,(H2,16,17,18);1H. The van der Waals surface area contributed by atoms with Gasteiger partial charge in [-0.3, -0.25) is 4.99 Å². The Morgan fingerprint density at radius 2 is 2.32 bits per heavy atom. The molecule has 1 aromatic rings. The van der Waals surface area contributed by atoms with Gasteiger partial charge in [0.1, 0.15) is 0 Å². The fraction of sp³-hybridized carbons (Fsp3) is 0.667. The molecule has 1 aromatic heterocycles. The van der Waals surface area contributed by atoms with Crippen molar-refractivity contribution in [3.63, 3.8) is 0 Å². The Balaban J connectivity index is 0.00000242. The first-order valence-electron chi connectivity index (χ1n) is 7.35. The molecule has 22 heavy (non-hydrogen) atoms. The van der Waals surface area contributed by atoms with E-state index in [2.05, 4.69) is 34.0 Å². The number of halogens is 1. The summed E-state index contributed by atoms with van der Waals surface area (Å²) in [6, 6.07) is 2.13. The fourth-order valence-corrected chi connectivity index (χ4v) is 3.40. The number of ether oxygens (including phenoxy) is 1. The van der Waals surface area contributed by atoms with Crippen LogP contribution in [0.2, 0.25) is 0 Å². The SMILES string of the molecule is CN=C(NCc1sccc1C)NCC1(CCO)CCOC1.I. The number of nitrogens with zero attached hydrogens (tertiary/aromatic N) is 1. The van der Waals surface area contributed by atoms with Crippen molar-refractivity contribution < 1.29 is 9.84 Å². The fourth-order valence-electron chi connectivity index (χ4n) is 2.55. The molecule has 2 rings (SSSR count). The van der Waals surface area contributed by atoms with Crippen LogP contribution in [0.3, 0.4) is 0 Å². The first kappa shape index (κ1) is 19.7. The molecule has 0 saturated carbocycles. The zero-order chi connectivity index (χ0) is 15.1. The highest BCUT2D eigenvalue weighted by atomic mass is 127. The Labute approximate surface area is 153 Å². The molecular weight excluding hydrogens is 413 g/mol. The van der Waals surface area contributed by atoms with Crippen molar-refractivity contribution in [1.82, 2.24) is 10.6 Å². The van der Waals surface area contributed by atoms with Gasteiger partial charge in [-0.25, -0.2) is 0 Å². The molecule has 0 bridgehead atoms. The summed E-state index contributed by atoms with van der Waals surface area (Å²) in [4.78, 5) is 5.59. The molecule has 1 unspecified atom stereocenters. The maximum atomic E-state index is 9.25. The zero-order valence-electron chi connectivity index (χ0n) is 13.2. The third-order valence-electron chi connectivity index (χ3n) is 4.07. The van der Waals surface area contributed by atoms with Gasteiger partial charge < -0.3 is 20.5 Å². The van der Waals surface area contributed by atoms with Gasteiger partial charge in [0.05, 0.1) is 13.2 Å². The second-order valence-electron chi connectivity index (χ2n) is 5.58. The van der Waals surface area contributed by atoms with Crippen LogP contribution in [-0.2, 0) is 11.3 Å². The highest BCUT2D eigenvalue weighted by molar-refractivity contribution is 14.0. The molecule has 126 valence electrons. The van der Waals surface area contributed by atoms with Gasteiger partial charge in [-0.15, -0.1) is 35.3 Å². The van der Waals surface area contributed by atoms with Gasteiger partial charge in [0, 0.05) is 37.1 Å². The molecule has 0 spiro atoms. The van der Waals surface area contributed by atoms with Crippen LogP contribution in [0, 0.1) is 12.3 Å². The topological polar surface area (TPSA) is 65.9 Å². The molecule has 0 aromatic carbocycles. The highest BCUT2D eigenvalue weighted by Crippen LogP contribution is 2.31. The van der Waals surface area contributed by atoms with Gasteiger partial charge in [0.15, 0.2) is 5.96 Å². The van der Waals surface area contributed by atoms with E-state index in [1.807, 2.05) is 0 Å². The minimum Gasteiger partial charge on any atom is -0.396 e. The predicted octanol–water partition coefficient (Wildman–Crippen LogP) is 2.13. The molecule has 0 amide bonds. The van der Waals surface area contributed by atoms with E-state index in [4.69, 9.17) is 4.74 Å². The van der Waals surface area contributed by atoms with Crippen LogP contribution in [0.15, 0.2) is 16.4 Å². The Morgan fingerprint density at radius 1 is 1.50 bits per heavy atom. The lowest BCUT2D eigenvalue weighted by atomic mass is 9.84. The molecule has 1 aliphatic heterocycles. The predicted molar refractivity (Wildman–Crippen MR) is 102 cm³/mol. The molecular formula is C15H26IN3O2S. The first-order chi connectivity index (χ1) is 10.2. The second-order valence-corrected chi connectivity index (χ2v) is 6.58. The lowest BCUT2D eigenvalue weighted by Gasteiger charge is -2.27. The van der Waals surface area contributed by atoms with Gasteiger partial charge in [-0.05, 0) is 36.8 Å². The summed E-state index contributed by atoms with van der Waals surface area (Å²) in [5, 5.41) is 18.1. The number of rotatable bonds is 6. The third kappa shape index (κ3) is 5.36. The number of aliphatic imine (C=N–C) groups is 1. The molecule has 1 aliphatic rings. The number of aryl methyl sites for hydroxylation is 1. The molecule has 2 heterocycles. The largest absolute Gasteiger partial charge is 0.396 e. The van der Waals surface area contributed by atoms with Crippen molar-refractivity contribution in [1.29, 1.82) is 0 Å².